The molecule has 0 aliphatic rings. The highest BCUT2D eigenvalue weighted by atomic mass is 35.5. The van der Waals surface area contributed by atoms with Crippen molar-refractivity contribution in [2.75, 3.05) is 20.7 Å². The van der Waals surface area contributed by atoms with Crippen molar-refractivity contribution in [1.29, 1.82) is 0 Å². The first-order chi connectivity index (χ1) is 6.36. The third-order valence-electron chi connectivity index (χ3n) is 1.80. The third kappa shape index (κ3) is 4.23. The van der Waals surface area contributed by atoms with E-state index in [0.29, 0.717) is 0 Å². The third-order valence-corrected chi connectivity index (χ3v) is 1.80. The summed E-state index contributed by atoms with van der Waals surface area (Å²) in [5.41, 5.74) is 1.26. The van der Waals surface area contributed by atoms with Gasteiger partial charge in [-0.15, -0.1) is 12.4 Å². The van der Waals surface area contributed by atoms with Gasteiger partial charge in [-0.25, -0.2) is 0 Å². The Morgan fingerprint density at radius 2 is 1.86 bits per heavy atom. The maximum absolute atomic E-state index is 5.05. The Morgan fingerprint density at radius 3 is 2.36 bits per heavy atom. The minimum Gasteiger partial charge on any atom is -0.497 e. The minimum atomic E-state index is 0. The Balaban J connectivity index is 0.00000169. The lowest BCUT2D eigenvalue weighted by atomic mass is 10.1. The lowest BCUT2D eigenvalue weighted by molar-refractivity contribution is 0.414. The van der Waals surface area contributed by atoms with Gasteiger partial charge in [0.05, 0.1) is 13.7 Å². The molecule has 0 unspecified atom stereocenters. The monoisotopic (exact) mass is 214 g/mol. The highest BCUT2D eigenvalue weighted by molar-refractivity contribution is 5.85. The Labute approximate surface area is 90.6 Å². The zero-order valence-corrected chi connectivity index (χ0v) is 9.25. The average Bonchev–Trinajstić information content (AvgIpc) is 2.19. The number of azo groups is 1. The number of hydrogen-bond donors (Lipinski definition) is 0. The van der Waals surface area contributed by atoms with E-state index in [2.05, 4.69) is 10.2 Å². The summed E-state index contributed by atoms with van der Waals surface area (Å²) in [4.78, 5) is 0. The van der Waals surface area contributed by atoms with Crippen LogP contribution in [0.1, 0.15) is 5.56 Å². The summed E-state index contributed by atoms with van der Waals surface area (Å²) in [6.45, 7) is 0.753. The molecule has 0 saturated heterocycles. The Bertz CT molecular complexity index is 272. The predicted molar refractivity (Wildman–Crippen MR) is 59.6 cm³/mol. The van der Waals surface area contributed by atoms with Crippen LogP contribution in [-0.2, 0) is 6.42 Å². The van der Waals surface area contributed by atoms with Crippen molar-refractivity contribution in [1.82, 2.24) is 0 Å². The van der Waals surface area contributed by atoms with Gasteiger partial charge >= 0.3 is 0 Å². The summed E-state index contributed by atoms with van der Waals surface area (Å²) >= 11 is 0. The molecule has 3 nitrogen and oxygen atoms in total. The van der Waals surface area contributed by atoms with Crippen LogP contribution in [0.15, 0.2) is 34.5 Å². The largest absolute Gasteiger partial charge is 0.497 e. The van der Waals surface area contributed by atoms with Gasteiger partial charge in [0.15, 0.2) is 0 Å². The molecule has 0 aromatic heterocycles. The van der Waals surface area contributed by atoms with E-state index in [4.69, 9.17) is 4.74 Å². The molecule has 0 aliphatic carbocycles. The number of nitrogens with zero attached hydrogens (tertiary/aromatic N) is 2. The lowest BCUT2D eigenvalue weighted by Gasteiger charge is -2.00. The molecule has 1 rings (SSSR count). The fraction of sp³-hybridized carbons (Fsp3) is 0.400. The van der Waals surface area contributed by atoms with Gasteiger partial charge in [0, 0.05) is 7.05 Å². The molecular weight excluding hydrogens is 200 g/mol. The summed E-state index contributed by atoms with van der Waals surface area (Å²) < 4.78 is 5.05. The Hall–Kier alpha value is -1.09. The van der Waals surface area contributed by atoms with E-state index in [-0.39, 0.29) is 12.4 Å². The maximum atomic E-state index is 5.05. The van der Waals surface area contributed by atoms with Crippen molar-refractivity contribution in [3.8, 4) is 5.75 Å². The fourth-order valence-electron chi connectivity index (χ4n) is 1.07. The van der Waals surface area contributed by atoms with Crippen LogP contribution in [0.5, 0.6) is 5.75 Å². The van der Waals surface area contributed by atoms with Gasteiger partial charge in [0.1, 0.15) is 5.75 Å². The minimum absolute atomic E-state index is 0. The molecule has 0 heterocycles. The van der Waals surface area contributed by atoms with Crippen LogP contribution in [0.3, 0.4) is 0 Å². The van der Waals surface area contributed by atoms with Crippen molar-refractivity contribution in [2.45, 2.75) is 6.42 Å². The zero-order valence-electron chi connectivity index (χ0n) is 8.43. The lowest BCUT2D eigenvalue weighted by Crippen LogP contribution is -1.89. The van der Waals surface area contributed by atoms with Gasteiger partial charge in [-0.05, 0) is 24.1 Å². The van der Waals surface area contributed by atoms with Crippen molar-refractivity contribution in [3.05, 3.63) is 29.8 Å². The summed E-state index contributed by atoms with van der Waals surface area (Å²) in [5.74, 6) is 0.890. The molecule has 0 aliphatic heterocycles. The molecule has 0 N–H and O–H groups in total. The zero-order chi connectivity index (χ0) is 9.52. The fourth-order valence-corrected chi connectivity index (χ4v) is 1.07. The average molecular weight is 215 g/mol. The standard InChI is InChI=1S/C10H14N2O.ClH/c1-11-12-8-7-9-3-5-10(13-2)6-4-9;/h3-6H,7-8H2,1-2H3;1H. The highest BCUT2D eigenvalue weighted by Crippen LogP contribution is 2.11. The van der Waals surface area contributed by atoms with E-state index in [1.165, 1.54) is 5.56 Å². The molecule has 1 aromatic rings. The molecule has 0 atom stereocenters. The Morgan fingerprint density at radius 1 is 1.21 bits per heavy atom. The number of ether oxygens (including phenoxy) is 1. The SMILES string of the molecule is CN=NCCc1ccc(OC)cc1.Cl. The molecule has 4 heteroatoms. The second kappa shape index (κ2) is 7.33. The molecule has 14 heavy (non-hydrogen) atoms. The van der Waals surface area contributed by atoms with Crippen LogP contribution in [0, 0.1) is 0 Å². The van der Waals surface area contributed by atoms with Crippen LogP contribution in [0.25, 0.3) is 0 Å². The van der Waals surface area contributed by atoms with Crippen molar-refractivity contribution >= 4 is 12.4 Å². The van der Waals surface area contributed by atoms with Gasteiger partial charge < -0.3 is 4.74 Å². The predicted octanol–water partition coefficient (Wildman–Crippen LogP) is 2.74. The normalized spacial score (nSPS) is 9.86. The van der Waals surface area contributed by atoms with Crippen LogP contribution in [0.4, 0.5) is 0 Å². The van der Waals surface area contributed by atoms with Crippen LogP contribution in [-0.4, -0.2) is 20.7 Å². The molecule has 78 valence electrons. The Kier molecular flexibility index (Phi) is 6.76. The summed E-state index contributed by atoms with van der Waals surface area (Å²) in [6.07, 6.45) is 0.932. The smallest absolute Gasteiger partial charge is 0.118 e. The molecular formula is C10H15ClN2O. The van der Waals surface area contributed by atoms with Gasteiger partial charge in [-0.1, -0.05) is 12.1 Å². The topological polar surface area (TPSA) is 34.0 Å². The number of methoxy groups -OCH3 is 1. The highest BCUT2D eigenvalue weighted by Gasteiger charge is 1.92. The first-order valence-electron chi connectivity index (χ1n) is 4.25. The molecule has 0 spiro atoms. The van der Waals surface area contributed by atoms with Crippen molar-refractivity contribution in [2.24, 2.45) is 10.2 Å². The summed E-state index contributed by atoms with van der Waals surface area (Å²) in [5, 5.41) is 7.59. The quantitative estimate of drug-likeness (QED) is 0.710. The van der Waals surface area contributed by atoms with Gasteiger partial charge in [-0.2, -0.15) is 10.2 Å². The molecule has 0 saturated carbocycles. The van der Waals surface area contributed by atoms with Gasteiger partial charge in [-0.3, -0.25) is 0 Å². The van der Waals surface area contributed by atoms with E-state index < -0.39 is 0 Å². The first-order valence-corrected chi connectivity index (χ1v) is 4.25. The van der Waals surface area contributed by atoms with Crippen LogP contribution < -0.4 is 4.74 Å². The number of rotatable bonds is 4. The molecule has 0 radical (unpaired) electrons. The van der Waals surface area contributed by atoms with Gasteiger partial charge in [0.2, 0.25) is 0 Å². The molecule has 0 fully saturated rings. The van der Waals surface area contributed by atoms with Gasteiger partial charge in [0.25, 0.3) is 0 Å². The second-order valence-corrected chi connectivity index (χ2v) is 2.66. The van der Waals surface area contributed by atoms with E-state index in [0.717, 1.165) is 18.7 Å². The number of benzene rings is 1. The summed E-state index contributed by atoms with van der Waals surface area (Å²) in [7, 11) is 3.36. The van der Waals surface area contributed by atoms with E-state index in [9.17, 15) is 0 Å². The molecule has 1 aromatic carbocycles. The van der Waals surface area contributed by atoms with E-state index in [1.54, 1.807) is 14.2 Å². The van der Waals surface area contributed by atoms with E-state index in [1.807, 2.05) is 24.3 Å². The number of halogens is 1. The van der Waals surface area contributed by atoms with Crippen LogP contribution >= 0.6 is 12.4 Å². The molecule has 0 amide bonds. The summed E-state index contributed by atoms with van der Waals surface area (Å²) in [6, 6.07) is 8.00. The van der Waals surface area contributed by atoms with Crippen molar-refractivity contribution in [3.63, 3.8) is 0 Å². The molecule has 0 bridgehead atoms. The van der Waals surface area contributed by atoms with Crippen molar-refractivity contribution < 1.29 is 4.74 Å². The second-order valence-electron chi connectivity index (χ2n) is 2.66. The number of hydrogen-bond acceptors (Lipinski definition) is 3. The maximum Gasteiger partial charge on any atom is 0.118 e. The first kappa shape index (κ1) is 12.9. The van der Waals surface area contributed by atoms with Crippen LogP contribution in [0.2, 0.25) is 0 Å². The van der Waals surface area contributed by atoms with E-state index >= 15 is 0 Å².